The standard InChI is InChI=1S/C5H5.3CHO2.Mn/c1-2-4-5-3-1;3*2-1-3;/h1-3H,4H2;3*(H,2,3);. The predicted octanol–water partition coefficient (Wildman–Crippen LogP) is 2.02. The molecule has 0 heterocycles. The van der Waals surface area contributed by atoms with Crippen molar-refractivity contribution in [3.8, 4) is 0 Å². The summed E-state index contributed by atoms with van der Waals surface area (Å²) in [4.78, 5) is 27.5. The zero-order valence-electron chi connectivity index (χ0n) is 7.38. The van der Waals surface area contributed by atoms with Crippen molar-refractivity contribution in [2.45, 2.75) is 6.42 Å². The Balaban J connectivity index is 3.33. The van der Waals surface area contributed by atoms with Gasteiger partial charge in [0.05, 0.1) is 0 Å². The molecule has 83 valence electrons. The molecule has 7 heteroatoms. The molecule has 3 N–H and O–H groups in total. The Kier molecular flexibility index (Phi) is 2.97. The normalized spacial score (nSPS) is 15.9. The molecule has 0 aromatic heterocycles. The molecule has 0 aromatic carbocycles. The van der Waals surface area contributed by atoms with E-state index in [9.17, 15) is 14.4 Å². The summed E-state index contributed by atoms with van der Waals surface area (Å²) in [5.74, 6) is 0. The molecule has 0 bridgehead atoms. The van der Waals surface area contributed by atoms with Crippen LogP contribution in [0.5, 0.6) is 0 Å². The number of hydrogen-bond acceptors (Lipinski definition) is 3. The SMILES string of the molecule is O=[C](O)[Mn]([C](=O)O)([C](=O)O)[C]1=CC=CC1. The molecular formula is C8H8MnO6. The van der Waals surface area contributed by atoms with Crippen LogP contribution in [0, 0.1) is 0 Å². The summed E-state index contributed by atoms with van der Waals surface area (Å²) in [7, 11) is 0. The van der Waals surface area contributed by atoms with Gasteiger partial charge in [0.2, 0.25) is 0 Å². The van der Waals surface area contributed by atoms with Crippen molar-refractivity contribution in [3.05, 3.63) is 22.7 Å². The fraction of sp³-hybridized carbons (Fsp3) is 0.125. The quantitative estimate of drug-likeness (QED) is 0.662. The zero-order chi connectivity index (χ0) is 11.6. The monoisotopic (exact) mass is 255 g/mol. The maximum atomic E-state index is 10.9. The van der Waals surface area contributed by atoms with Gasteiger partial charge in [-0.25, -0.2) is 0 Å². The summed E-state index contributed by atoms with van der Waals surface area (Å²) in [5.41, 5.74) is 0. The average molecular weight is 255 g/mol. The van der Waals surface area contributed by atoms with E-state index in [-0.39, 0.29) is 10.9 Å². The summed E-state index contributed by atoms with van der Waals surface area (Å²) >= 11 is -4.57. The van der Waals surface area contributed by atoms with Crippen LogP contribution in [0.3, 0.4) is 0 Å². The molecule has 15 heavy (non-hydrogen) atoms. The third-order valence-electron chi connectivity index (χ3n) is 1.82. The van der Waals surface area contributed by atoms with Gasteiger partial charge in [-0.1, -0.05) is 0 Å². The fourth-order valence-corrected chi connectivity index (χ4v) is 3.68. The molecule has 6 nitrogen and oxygen atoms in total. The third-order valence-corrected chi connectivity index (χ3v) is 5.66. The van der Waals surface area contributed by atoms with Crippen molar-refractivity contribution >= 4 is 14.6 Å². The summed E-state index contributed by atoms with van der Waals surface area (Å²) in [6, 6.07) is 0. The molecule has 0 aromatic rings. The molecule has 0 amide bonds. The van der Waals surface area contributed by atoms with Crippen molar-refractivity contribution in [3.63, 3.8) is 0 Å². The van der Waals surface area contributed by atoms with Crippen molar-refractivity contribution < 1.29 is 42.5 Å². The van der Waals surface area contributed by atoms with E-state index in [4.69, 9.17) is 15.3 Å². The van der Waals surface area contributed by atoms with Crippen molar-refractivity contribution in [2.24, 2.45) is 0 Å². The van der Waals surface area contributed by atoms with E-state index in [2.05, 4.69) is 0 Å². The number of rotatable bonds is 4. The predicted molar refractivity (Wildman–Crippen MR) is 45.9 cm³/mol. The van der Waals surface area contributed by atoms with E-state index in [0.717, 1.165) is 0 Å². The van der Waals surface area contributed by atoms with E-state index in [1.54, 1.807) is 0 Å². The summed E-state index contributed by atoms with van der Waals surface area (Å²) in [6.45, 7) is 0. The first-order valence-electron chi connectivity index (χ1n) is 3.76. The molecule has 0 unspecified atom stereocenters. The molecule has 1 rings (SSSR count). The zero-order valence-corrected chi connectivity index (χ0v) is 8.56. The molecule has 1 aliphatic carbocycles. The number of hydrogen-bond donors (Lipinski definition) is 3. The minimum atomic E-state index is -4.57. The van der Waals surface area contributed by atoms with Gasteiger partial charge in [-0.2, -0.15) is 0 Å². The number of carbonyl (C=O) groups is 3. The molecular weight excluding hydrogens is 247 g/mol. The molecule has 0 radical (unpaired) electrons. The van der Waals surface area contributed by atoms with E-state index >= 15 is 0 Å². The van der Waals surface area contributed by atoms with Crippen LogP contribution in [0.2, 0.25) is 0 Å². The Morgan fingerprint density at radius 3 is 1.80 bits per heavy atom. The Bertz CT molecular complexity index is 358. The van der Waals surface area contributed by atoms with Gasteiger partial charge < -0.3 is 0 Å². The van der Waals surface area contributed by atoms with E-state index in [1.165, 1.54) is 18.2 Å². The van der Waals surface area contributed by atoms with Crippen LogP contribution >= 0.6 is 0 Å². The van der Waals surface area contributed by atoms with Crippen LogP contribution in [-0.2, 0) is 12.8 Å². The first kappa shape index (κ1) is 11.5. The molecule has 0 saturated heterocycles. The van der Waals surface area contributed by atoms with E-state index in [1.807, 2.05) is 0 Å². The average Bonchev–Trinajstić information content (AvgIpc) is 2.55. The molecule has 0 saturated carbocycles. The molecule has 0 spiro atoms. The Morgan fingerprint density at radius 2 is 1.53 bits per heavy atom. The second-order valence-corrected chi connectivity index (χ2v) is 6.62. The van der Waals surface area contributed by atoms with Gasteiger partial charge in [0, 0.05) is 0 Å². The van der Waals surface area contributed by atoms with Gasteiger partial charge in [-0.05, 0) is 0 Å². The van der Waals surface area contributed by atoms with Crippen LogP contribution in [0.1, 0.15) is 6.42 Å². The summed E-state index contributed by atoms with van der Waals surface area (Å²) in [5, 5.41) is 26.6. The summed E-state index contributed by atoms with van der Waals surface area (Å²) in [6.07, 6.45) is 4.35. The first-order chi connectivity index (χ1) is 6.94. The van der Waals surface area contributed by atoms with Gasteiger partial charge in [0.15, 0.2) is 0 Å². The van der Waals surface area contributed by atoms with Gasteiger partial charge in [0.1, 0.15) is 0 Å². The second-order valence-electron chi connectivity index (χ2n) is 2.57. The molecule has 0 atom stereocenters. The Labute approximate surface area is 86.7 Å². The topological polar surface area (TPSA) is 112 Å². The third kappa shape index (κ3) is 1.55. The molecule has 1 aliphatic rings. The number of allylic oxidation sites excluding steroid dienone is 4. The van der Waals surface area contributed by atoms with Crippen LogP contribution in [0.4, 0.5) is 14.4 Å². The summed E-state index contributed by atoms with van der Waals surface area (Å²) < 4.78 is -0.0168. The second kappa shape index (κ2) is 3.88. The van der Waals surface area contributed by atoms with Gasteiger partial charge in [0.25, 0.3) is 0 Å². The number of carboxylic acid groups (broad SMARTS) is 3. The molecule has 0 fully saturated rings. The van der Waals surface area contributed by atoms with Gasteiger partial charge in [-0.15, -0.1) is 0 Å². The van der Waals surface area contributed by atoms with Crippen LogP contribution in [-0.4, -0.2) is 29.9 Å². The van der Waals surface area contributed by atoms with Crippen LogP contribution in [0.25, 0.3) is 0 Å². The van der Waals surface area contributed by atoms with Gasteiger partial charge >= 0.3 is 86.3 Å². The minimum absolute atomic E-state index is 0.0168. The van der Waals surface area contributed by atoms with Crippen LogP contribution < -0.4 is 0 Å². The van der Waals surface area contributed by atoms with Crippen molar-refractivity contribution in [1.82, 2.24) is 0 Å². The first-order valence-corrected chi connectivity index (χ1v) is 6.12. The Morgan fingerprint density at radius 1 is 1.07 bits per heavy atom. The maximum absolute atomic E-state index is 10.9. The fourth-order valence-electron chi connectivity index (χ4n) is 1.15. The van der Waals surface area contributed by atoms with E-state index in [0.29, 0.717) is 0 Å². The van der Waals surface area contributed by atoms with Gasteiger partial charge in [-0.3, -0.25) is 0 Å². The van der Waals surface area contributed by atoms with E-state index < -0.39 is 27.4 Å². The van der Waals surface area contributed by atoms with Crippen molar-refractivity contribution in [1.29, 1.82) is 0 Å². The van der Waals surface area contributed by atoms with Crippen LogP contribution in [0.15, 0.2) is 22.7 Å². The van der Waals surface area contributed by atoms with Crippen molar-refractivity contribution in [2.75, 3.05) is 0 Å². The Hall–Kier alpha value is -1.59. The molecule has 0 aliphatic heterocycles.